The van der Waals surface area contributed by atoms with E-state index in [0.29, 0.717) is 17.3 Å². The molecule has 318 valence electrons. The molecule has 4 aromatic heterocycles. The Hall–Kier alpha value is -8.42. The monoisotopic (exact) mass is 854 g/mol. The lowest BCUT2D eigenvalue weighted by molar-refractivity contribution is -0.587. The third-order valence-electron chi connectivity index (χ3n) is 12.1. The number of nitrogens with zero attached hydrogens (tertiary/aromatic N) is 6. The summed E-state index contributed by atoms with van der Waals surface area (Å²) in [5.41, 5.74) is 12.2. The average Bonchev–Trinajstić information content (AvgIpc) is 3.94. The molecule has 0 saturated carbocycles. The minimum atomic E-state index is -0.314. The molecule has 0 amide bonds. The number of benzene rings is 7. The van der Waals surface area contributed by atoms with E-state index in [1.165, 1.54) is 0 Å². The molecule has 66 heavy (non-hydrogen) atoms. The maximum Gasteiger partial charge on any atom is 0.232 e. The van der Waals surface area contributed by atoms with E-state index in [4.69, 9.17) is 19.8 Å². The number of hydrogen-bond acceptors (Lipinski definition) is 4. The molecule has 0 aliphatic rings. The maximum absolute atomic E-state index is 6.90. The first-order chi connectivity index (χ1) is 32.3. The van der Waals surface area contributed by atoms with Crippen molar-refractivity contribution in [1.82, 2.24) is 24.3 Å². The fourth-order valence-corrected chi connectivity index (χ4v) is 8.85. The number of ether oxygens (including phenoxy) is 1. The highest BCUT2D eigenvalue weighted by molar-refractivity contribution is 6.09. The van der Waals surface area contributed by atoms with Crippen LogP contribution in [0.15, 0.2) is 206 Å². The Labute approximate surface area is 384 Å². The minimum absolute atomic E-state index is 0.314. The summed E-state index contributed by atoms with van der Waals surface area (Å²) in [6.45, 7) is 8.64. The lowest BCUT2D eigenvalue weighted by Crippen LogP contribution is -2.33. The Bertz CT molecular complexity index is 3480. The van der Waals surface area contributed by atoms with E-state index in [1.54, 1.807) is 4.68 Å². The summed E-state index contributed by atoms with van der Waals surface area (Å²) >= 11 is 0. The standard InChI is InChI=1S/C59H46N6O/c1-40-34-55(60-38-51(40)43-24-13-7-14-25-43)65-52-31-18-17-28-49(52)50-33-32-45(35-53(50)65)66-46-36-54(59(2,3)4)61-56(37-46)64-39-63(58(62-64)44-26-15-8-16-27-44)57-47(41-20-9-5-10-21-41)29-19-30-48(57)42-22-11-6-12-23-42/h5-38H,1-4H3. The summed E-state index contributed by atoms with van der Waals surface area (Å²) in [7, 11) is 0. The van der Waals surface area contributed by atoms with Gasteiger partial charge in [0.1, 0.15) is 17.3 Å². The highest BCUT2D eigenvalue weighted by Crippen LogP contribution is 2.38. The van der Waals surface area contributed by atoms with Crippen molar-refractivity contribution >= 4 is 21.8 Å². The second-order valence-electron chi connectivity index (χ2n) is 17.6. The van der Waals surface area contributed by atoms with Crippen molar-refractivity contribution in [2.75, 3.05) is 0 Å². The van der Waals surface area contributed by atoms with Crippen LogP contribution in [0.3, 0.4) is 0 Å². The van der Waals surface area contributed by atoms with Crippen molar-refractivity contribution in [2.45, 2.75) is 33.1 Å². The van der Waals surface area contributed by atoms with E-state index in [9.17, 15) is 0 Å². The first-order valence-corrected chi connectivity index (χ1v) is 22.3. The van der Waals surface area contributed by atoms with Crippen molar-refractivity contribution in [3.8, 4) is 73.6 Å². The summed E-state index contributed by atoms with van der Waals surface area (Å²) in [4.78, 5) is 10.3. The fraction of sp³-hybridized carbons (Fsp3) is 0.0847. The van der Waals surface area contributed by atoms with Gasteiger partial charge in [-0.3, -0.25) is 9.55 Å². The van der Waals surface area contributed by atoms with Crippen LogP contribution in [0.1, 0.15) is 32.0 Å². The fourth-order valence-electron chi connectivity index (χ4n) is 8.85. The Morgan fingerprint density at radius 2 is 1.09 bits per heavy atom. The molecule has 11 rings (SSSR count). The average molecular weight is 855 g/mol. The summed E-state index contributed by atoms with van der Waals surface area (Å²) < 4.78 is 13.0. The molecule has 0 unspecified atom stereocenters. The maximum atomic E-state index is 6.90. The van der Waals surface area contributed by atoms with Crippen molar-refractivity contribution < 1.29 is 9.30 Å². The quantitative estimate of drug-likeness (QED) is 0.107. The van der Waals surface area contributed by atoms with Crippen LogP contribution in [0.4, 0.5) is 0 Å². The SMILES string of the molecule is Cc1cc(-n2c3ccccc3c3ccc(Oc4cc(-n5[c-][n+](-c6c(-c7ccccc7)cccc6-c6ccccc6)c(-c6ccccc6)n5)nc(C(C)(C)C)c4)cc32)ncc1-c1ccccc1. The Morgan fingerprint density at radius 1 is 0.515 bits per heavy atom. The van der Waals surface area contributed by atoms with Crippen molar-refractivity contribution in [3.05, 3.63) is 224 Å². The van der Waals surface area contributed by atoms with Gasteiger partial charge in [0.15, 0.2) is 5.82 Å². The molecule has 0 fully saturated rings. The summed E-state index contributed by atoms with van der Waals surface area (Å²) in [6, 6.07) is 69.1. The predicted octanol–water partition coefficient (Wildman–Crippen LogP) is 13.9. The Balaban J connectivity index is 1.06. The van der Waals surface area contributed by atoms with E-state index in [1.807, 2.05) is 60.8 Å². The highest BCUT2D eigenvalue weighted by atomic mass is 16.5. The first kappa shape index (κ1) is 40.4. The van der Waals surface area contributed by atoms with Crippen LogP contribution in [0.25, 0.3) is 83.9 Å². The van der Waals surface area contributed by atoms with Gasteiger partial charge >= 0.3 is 0 Å². The van der Waals surface area contributed by atoms with Gasteiger partial charge in [0.2, 0.25) is 12.2 Å². The number of fused-ring (bicyclic) bond motifs is 3. The van der Waals surface area contributed by atoms with Gasteiger partial charge in [-0.25, -0.2) is 4.98 Å². The molecule has 0 aliphatic carbocycles. The first-order valence-electron chi connectivity index (χ1n) is 22.3. The lowest BCUT2D eigenvalue weighted by Gasteiger charge is -2.20. The van der Waals surface area contributed by atoms with Crippen LogP contribution in [0, 0.1) is 13.3 Å². The van der Waals surface area contributed by atoms with Crippen molar-refractivity contribution in [1.29, 1.82) is 0 Å². The van der Waals surface area contributed by atoms with E-state index in [-0.39, 0.29) is 5.41 Å². The summed E-state index contributed by atoms with van der Waals surface area (Å²) in [5.74, 6) is 3.48. The van der Waals surface area contributed by atoms with Gasteiger partial charge in [-0.1, -0.05) is 178 Å². The Kier molecular flexibility index (Phi) is 10.2. The van der Waals surface area contributed by atoms with E-state index in [2.05, 4.69) is 189 Å². The zero-order valence-corrected chi connectivity index (χ0v) is 37.2. The number of aromatic nitrogens is 6. The number of rotatable bonds is 9. The van der Waals surface area contributed by atoms with Gasteiger partial charge in [0.05, 0.1) is 11.0 Å². The van der Waals surface area contributed by atoms with Crippen LogP contribution in [0.5, 0.6) is 11.5 Å². The molecular formula is C59H46N6O. The molecule has 0 saturated heterocycles. The van der Waals surface area contributed by atoms with E-state index < -0.39 is 0 Å². The number of hydrogen-bond donors (Lipinski definition) is 0. The zero-order valence-electron chi connectivity index (χ0n) is 37.2. The van der Waals surface area contributed by atoms with Gasteiger partial charge in [0.25, 0.3) is 0 Å². The van der Waals surface area contributed by atoms with Gasteiger partial charge in [-0.15, -0.1) is 4.68 Å². The number of aryl methyl sites for hydroxylation is 1. The lowest BCUT2D eigenvalue weighted by atomic mass is 9.91. The Morgan fingerprint density at radius 3 is 1.71 bits per heavy atom. The van der Waals surface area contributed by atoms with Crippen LogP contribution in [-0.2, 0) is 5.41 Å². The molecule has 0 N–H and O–H groups in total. The largest absolute Gasteiger partial charge is 0.458 e. The summed E-state index contributed by atoms with van der Waals surface area (Å²) in [6.07, 6.45) is 5.66. The van der Waals surface area contributed by atoms with Gasteiger partial charge in [0, 0.05) is 63.1 Å². The molecule has 4 heterocycles. The van der Waals surface area contributed by atoms with Gasteiger partial charge in [-0.2, -0.15) is 0 Å². The number of pyridine rings is 2. The van der Waals surface area contributed by atoms with Crippen molar-refractivity contribution in [3.63, 3.8) is 0 Å². The third kappa shape index (κ3) is 7.50. The van der Waals surface area contributed by atoms with Crippen LogP contribution in [-0.4, -0.2) is 24.3 Å². The van der Waals surface area contributed by atoms with Crippen LogP contribution >= 0.6 is 0 Å². The molecule has 7 heteroatoms. The van der Waals surface area contributed by atoms with Gasteiger partial charge < -0.3 is 9.30 Å². The number of para-hydroxylation sites is 2. The smallest absolute Gasteiger partial charge is 0.232 e. The zero-order chi connectivity index (χ0) is 44.8. The van der Waals surface area contributed by atoms with E-state index in [0.717, 1.165) is 89.3 Å². The minimum Gasteiger partial charge on any atom is -0.458 e. The van der Waals surface area contributed by atoms with Gasteiger partial charge in [-0.05, 0) is 69.7 Å². The van der Waals surface area contributed by atoms with Crippen molar-refractivity contribution in [2.24, 2.45) is 0 Å². The van der Waals surface area contributed by atoms with Crippen LogP contribution < -0.4 is 9.30 Å². The molecule has 0 atom stereocenters. The molecular weight excluding hydrogens is 809 g/mol. The molecule has 11 aromatic rings. The van der Waals surface area contributed by atoms with E-state index >= 15 is 0 Å². The third-order valence-corrected chi connectivity index (χ3v) is 12.1. The molecule has 0 aliphatic heterocycles. The second kappa shape index (κ2) is 16.6. The highest BCUT2D eigenvalue weighted by Gasteiger charge is 2.24. The topological polar surface area (TPSA) is 61.6 Å². The summed E-state index contributed by atoms with van der Waals surface area (Å²) in [5, 5.41) is 7.57. The molecule has 0 bridgehead atoms. The van der Waals surface area contributed by atoms with Crippen LogP contribution in [0.2, 0.25) is 0 Å². The molecule has 7 nitrogen and oxygen atoms in total. The molecule has 0 spiro atoms. The second-order valence-corrected chi connectivity index (χ2v) is 17.6. The molecule has 0 radical (unpaired) electrons. The molecule has 7 aromatic carbocycles. The predicted molar refractivity (Wildman–Crippen MR) is 266 cm³/mol. The normalized spacial score (nSPS) is 11.6.